The molecule has 352 valence electrons. The number of imide groups is 1. The van der Waals surface area contributed by atoms with Crippen LogP contribution in [0.4, 0.5) is 11.5 Å². The first kappa shape index (κ1) is 49.5. The van der Waals surface area contributed by atoms with Crippen LogP contribution < -0.4 is 9.47 Å². The molecule has 2 N–H and O–H groups in total. The van der Waals surface area contributed by atoms with E-state index >= 15 is 0 Å². The molecule has 3 amide bonds. The molecular formula is C44H50N5O14S3+. The standard InChI is InChI=1S/C44H49N5O14S3/c1-43(2)34-26-30(41(52)46(4)62-5)28-47(22-10-24-65(56,57)58)40(34)45-36(43)12-8-7-9-13-37-44(3,31-16-14-29(15-17-31)42(53)63-49-38(50)20-21-39(49)51)33-27-32(64(6,54)55)18-19-35(33)48(37)23-11-25-66(59,60)61/h7-9,12-19,26-28H,10-11,20-25H2,1-6H3,(H-,56,57,58,59,60,61)/p+1. The fourth-order valence-corrected chi connectivity index (χ4v) is 9.68. The second-order valence-electron chi connectivity index (χ2n) is 16.6. The van der Waals surface area contributed by atoms with E-state index in [-0.39, 0.29) is 54.8 Å². The largest absolute Gasteiger partial charge is 0.363 e. The average Bonchev–Trinajstić information content (AvgIpc) is 3.79. The highest BCUT2D eigenvalue weighted by Crippen LogP contribution is 2.52. The first-order valence-corrected chi connectivity index (χ1v) is 25.6. The Morgan fingerprint density at radius 3 is 2.11 bits per heavy atom. The maximum absolute atomic E-state index is 13.2. The van der Waals surface area contributed by atoms with E-state index in [1.54, 1.807) is 65.4 Å². The average molecular weight is 969 g/mol. The van der Waals surface area contributed by atoms with Crippen LogP contribution in [-0.2, 0) is 66.7 Å². The van der Waals surface area contributed by atoms with Crippen LogP contribution in [0.25, 0.3) is 0 Å². The highest BCUT2D eigenvalue weighted by atomic mass is 32.2. The Hall–Kier alpha value is -5.91. The predicted octanol–water partition coefficient (Wildman–Crippen LogP) is 3.97. The van der Waals surface area contributed by atoms with E-state index in [0.717, 1.165) is 11.3 Å². The summed E-state index contributed by atoms with van der Waals surface area (Å²) >= 11 is 0. The summed E-state index contributed by atoms with van der Waals surface area (Å²) in [5.74, 6) is -3.25. The Morgan fingerprint density at radius 1 is 0.864 bits per heavy atom. The minimum Gasteiger partial charge on any atom is -0.344 e. The first-order valence-electron chi connectivity index (χ1n) is 20.5. The monoisotopic (exact) mass is 968 g/mol. The van der Waals surface area contributed by atoms with Crippen LogP contribution in [0.15, 0.2) is 101 Å². The molecule has 3 aromatic rings. The number of sulfone groups is 1. The van der Waals surface area contributed by atoms with Crippen LogP contribution in [0.5, 0.6) is 0 Å². The molecule has 0 radical (unpaired) electrons. The third-order valence-electron chi connectivity index (χ3n) is 11.7. The Balaban J connectivity index is 1.39. The number of aryl methyl sites for hydroxylation is 1. The molecule has 4 heterocycles. The SMILES string of the molecule is CON(C)C(=O)c1cc2c([n+](CCCS(=O)(=O)O)c1)N=C(/C=C/C=C/C=C1/N(CCCS(=O)(=O)O)c3ccc(S(C)(=O)=O)cc3C1(C)c1ccc(C(=O)ON3C(=O)CCC3=O)cc1)C2(C)C. The van der Waals surface area contributed by atoms with Crippen molar-refractivity contribution < 1.29 is 67.8 Å². The molecule has 22 heteroatoms. The van der Waals surface area contributed by atoms with Crippen molar-refractivity contribution in [2.24, 2.45) is 4.99 Å². The summed E-state index contributed by atoms with van der Waals surface area (Å²) < 4.78 is 93.1. The lowest BCUT2D eigenvalue weighted by Gasteiger charge is -2.31. The molecule has 0 spiro atoms. The van der Waals surface area contributed by atoms with Crippen LogP contribution in [0.1, 0.15) is 83.9 Å². The van der Waals surface area contributed by atoms with Gasteiger partial charge in [0.05, 0.1) is 57.6 Å². The molecule has 3 aliphatic heterocycles. The van der Waals surface area contributed by atoms with Crippen molar-refractivity contribution in [3.05, 3.63) is 119 Å². The van der Waals surface area contributed by atoms with Crippen molar-refractivity contribution in [1.82, 2.24) is 10.1 Å². The molecular weight excluding hydrogens is 919 g/mol. The molecule has 3 aliphatic rings. The highest BCUT2D eigenvalue weighted by molar-refractivity contribution is 7.90. The van der Waals surface area contributed by atoms with Crippen molar-refractivity contribution in [3.63, 3.8) is 0 Å². The zero-order valence-electron chi connectivity index (χ0n) is 37.0. The maximum Gasteiger partial charge on any atom is 0.363 e. The fraction of sp³-hybridized carbons (Fsp3) is 0.364. The van der Waals surface area contributed by atoms with E-state index < -0.39 is 76.1 Å². The number of pyridine rings is 1. The summed E-state index contributed by atoms with van der Waals surface area (Å²) in [5, 5.41) is 1.49. The lowest BCUT2D eigenvalue weighted by molar-refractivity contribution is -0.684. The lowest BCUT2D eigenvalue weighted by atomic mass is 9.75. The molecule has 1 aromatic heterocycles. The zero-order chi connectivity index (χ0) is 48.6. The van der Waals surface area contributed by atoms with Crippen molar-refractivity contribution in [2.45, 2.75) is 68.7 Å². The molecule has 0 bridgehead atoms. The summed E-state index contributed by atoms with van der Waals surface area (Å²) in [6, 6.07) is 12.4. The number of aromatic nitrogens is 1. The highest BCUT2D eigenvalue weighted by Gasteiger charge is 2.46. The van der Waals surface area contributed by atoms with Gasteiger partial charge in [0, 0.05) is 50.5 Å². The van der Waals surface area contributed by atoms with Gasteiger partial charge in [0.15, 0.2) is 15.5 Å². The van der Waals surface area contributed by atoms with Gasteiger partial charge < -0.3 is 9.74 Å². The number of nitrogens with zero attached hydrogens (tertiary/aromatic N) is 5. The van der Waals surface area contributed by atoms with Crippen LogP contribution in [-0.4, -0.2) is 112 Å². The van der Waals surface area contributed by atoms with E-state index in [0.29, 0.717) is 44.7 Å². The Morgan fingerprint density at radius 2 is 1.50 bits per heavy atom. The van der Waals surface area contributed by atoms with Gasteiger partial charge in [-0.1, -0.05) is 30.4 Å². The number of fused-ring (bicyclic) bond motifs is 2. The first-order chi connectivity index (χ1) is 30.8. The van der Waals surface area contributed by atoms with Gasteiger partial charge in [-0.25, -0.2) is 22.8 Å². The topological polar surface area (TPSA) is 256 Å². The second-order valence-corrected chi connectivity index (χ2v) is 21.8. The van der Waals surface area contributed by atoms with Crippen LogP contribution >= 0.6 is 0 Å². The smallest absolute Gasteiger partial charge is 0.344 e. The summed E-state index contributed by atoms with van der Waals surface area (Å²) in [6.07, 6.45) is 11.2. The van der Waals surface area contributed by atoms with Crippen molar-refractivity contribution in [1.29, 1.82) is 0 Å². The number of aliphatic imine (C=N–C) groups is 1. The summed E-state index contributed by atoms with van der Waals surface area (Å²) in [5.41, 5.74) is 1.90. The van der Waals surface area contributed by atoms with E-state index in [1.807, 2.05) is 25.7 Å². The number of carbonyl (C=O) groups excluding carboxylic acids is 4. The molecule has 19 nitrogen and oxygen atoms in total. The zero-order valence-corrected chi connectivity index (χ0v) is 39.4. The van der Waals surface area contributed by atoms with Gasteiger partial charge >= 0.3 is 11.8 Å². The van der Waals surface area contributed by atoms with Gasteiger partial charge in [0.1, 0.15) is 6.20 Å². The summed E-state index contributed by atoms with van der Waals surface area (Å²) in [4.78, 5) is 67.4. The van der Waals surface area contributed by atoms with E-state index in [4.69, 9.17) is 14.7 Å². The second kappa shape index (κ2) is 18.8. The lowest BCUT2D eigenvalue weighted by Crippen LogP contribution is -2.38. The van der Waals surface area contributed by atoms with Crippen LogP contribution in [0.2, 0.25) is 0 Å². The van der Waals surface area contributed by atoms with Gasteiger partial charge in [-0.05, 0) is 91.9 Å². The molecule has 1 atom stereocenters. The van der Waals surface area contributed by atoms with Crippen molar-refractivity contribution >= 4 is 71.0 Å². The van der Waals surface area contributed by atoms with Gasteiger partial charge in [-0.2, -0.15) is 16.8 Å². The third kappa shape index (κ3) is 10.5. The Labute approximate surface area is 383 Å². The molecule has 1 saturated heterocycles. The quantitative estimate of drug-likeness (QED) is 0.0638. The normalized spacial score (nSPS) is 19.0. The summed E-state index contributed by atoms with van der Waals surface area (Å²) in [6.45, 7) is 5.86. The van der Waals surface area contributed by atoms with Crippen molar-refractivity contribution in [3.8, 4) is 0 Å². The van der Waals surface area contributed by atoms with Crippen LogP contribution in [0.3, 0.4) is 0 Å². The van der Waals surface area contributed by atoms with Crippen LogP contribution in [0, 0.1) is 0 Å². The molecule has 66 heavy (non-hydrogen) atoms. The number of hydrogen-bond acceptors (Lipinski definition) is 14. The Bertz CT molecular complexity index is 2950. The van der Waals surface area contributed by atoms with E-state index in [2.05, 4.69) is 0 Å². The van der Waals surface area contributed by atoms with Crippen molar-refractivity contribution in [2.75, 3.05) is 43.4 Å². The number of hydroxylamine groups is 4. The number of benzene rings is 2. The minimum atomic E-state index is -4.34. The predicted molar refractivity (Wildman–Crippen MR) is 241 cm³/mol. The molecule has 0 aliphatic carbocycles. The third-order valence-corrected chi connectivity index (χ3v) is 14.4. The van der Waals surface area contributed by atoms with Gasteiger partial charge in [-0.3, -0.25) is 28.3 Å². The number of amides is 3. The number of rotatable bonds is 17. The number of hydrogen-bond donors (Lipinski definition) is 2. The Kier molecular flexibility index (Phi) is 14.1. The molecule has 1 unspecified atom stereocenters. The van der Waals surface area contributed by atoms with E-state index in [9.17, 15) is 53.5 Å². The maximum atomic E-state index is 13.2. The molecule has 2 aromatic carbocycles. The summed E-state index contributed by atoms with van der Waals surface area (Å²) in [7, 11) is -9.51. The molecule has 0 saturated carbocycles. The van der Waals surface area contributed by atoms with Gasteiger partial charge in [-0.15, -0.1) is 5.06 Å². The van der Waals surface area contributed by atoms with E-state index in [1.165, 1.54) is 38.4 Å². The molecule has 6 rings (SSSR count). The number of allylic oxidation sites excluding steroid dienone is 6. The number of carbonyl (C=O) groups is 4. The minimum absolute atomic E-state index is 0.0117. The van der Waals surface area contributed by atoms with Gasteiger partial charge in [0.25, 0.3) is 38.0 Å². The number of anilines is 1. The molecule has 1 fully saturated rings. The van der Waals surface area contributed by atoms with Gasteiger partial charge in [0.2, 0.25) is 0 Å². The fourth-order valence-electron chi connectivity index (χ4n) is 8.05.